The van der Waals surface area contributed by atoms with Gasteiger partial charge in [-0.3, -0.25) is 0 Å². The zero-order chi connectivity index (χ0) is 10.8. The number of halogens is 1. The number of hydrogen-bond donors (Lipinski definition) is 0. The highest BCUT2D eigenvalue weighted by molar-refractivity contribution is 9.11. The summed E-state index contributed by atoms with van der Waals surface area (Å²) in [6, 6.07) is 3.89. The smallest absolute Gasteiger partial charge is 0.144 e. The fraction of sp³-hybridized carbons (Fsp3) is 0.444. The molecule has 1 heterocycles. The van der Waals surface area contributed by atoms with Gasteiger partial charge >= 0.3 is 0 Å². The minimum absolute atomic E-state index is 0.287. The van der Waals surface area contributed by atoms with Crippen molar-refractivity contribution in [2.45, 2.75) is 25.5 Å². The lowest BCUT2D eigenvalue weighted by atomic mass is 10.3. The zero-order valence-corrected chi connectivity index (χ0v) is 11.5. The summed E-state index contributed by atoms with van der Waals surface area (Å²) < 4.78 is 16.3. The largest absolute Gasteiger partial charge is 0.234 e. The molecule has 1 aromatic heterocycles. The van der Waals surface area contributed by atoms with Crippen molar-refractivity contribution in [1.82, 2.24) is 0 Å². The predicted molar refractivity (Wildman–Crippen MR) is 67.5 cm³/mol. The van der Waals surface area contributed by atoms with Gasteiger partial charge in [-0.05, 0) is 48.8 Å². The number of thiophene rings is 1. The van der Waals surface area contributed by atoms with Gasteiger partial charge < -0.3 is 0 Å². The standard InChI is InChI=1S/C9H12BrNOS2/c1-9(2,3)14(12)11-6-7-4-5-8(10)13-7/h4-6H,1-3H3/b11-6+. The lowest BCUT2D eigenvalue weighted by Gasteiger charge is -2.12. The Hall–Kier alpha value is -0.0000000000000000833. The molecule has 0 radical (unpaired) electrons. The van der Waals surface area contributed by atoms with Gasteiger partial charge in [0.1, 0.15) is 11.0 Å². The summed E-state index contributed by atoms with van der Waals surface area (Å²) >= 11 is 4.93. The molecule has 0 N–H and O–H groups in total. The molecule has 1 rings (SSSR count). The van der Waals surface area contributed by atoms with E-state index in [9.17, 15) is 4.21 Å². The summed E-state index contributed by atoms with van der Waals surface area (Å²) in [5.74, 6) is 0. The molecule has 0 spiro atoms. The molecule has 5 heteroatoms. The molecular weight excluding hydrogens is 282 g/mol. The second kappa shape index (κ2) is 4.68. The van der Waals surface area contributed by atoms with Gasteiger partial charge in [-0.25, -0.2) is 4.21 Å². The van der Waals surface area contributed by atoms with Gasteiger partial charge in [0.15, 0.2) is 0 Å². The quantitative estimate of drug-likeness (QED) is 0.769. The van der Waals surface area contributed by atoms with Gasteiger partial charge in [0.05, 0.1) is 14.7 Å². The molecule has 0 aliphatic carbocycles. The Kier molecular flexibility index (Phi) is 4.04. The second-order valence-electron chi connectivity index (χ2n) is 3.74. The first-order chi connectivity index (χ1) is 6.39. The molecule has 0 saturated carbocycles. The molecule has 0 aliphatic heterocycles. The molecule has 0 fully saturated rings. The summed E-state index contributed by atoms with van der Waals surface area (Å²) in [6.45, 7) is 5.72. The highest BCUT2D eigenvalue weighted by Gasteiger charge is 2.18. The first-order valence-corrected chi connectivity index (χ1v) is 6.82. The van der Waals surface area contributed by atoms with Crippen molar-refractivity contribution in [3.8, 4) is 0 Å². The molecule has 1 atom stereocenters. The van der Waals surface area contributed by atoms with E-state index in [0.717, 1.165) is 8.66 Å². The minimum atomic E-state index is -1.17. The predicted octanol–water partition coefficient (Wildman–Crippen LogP) is 3.39. The molecular formula is C9H12BrNOS2. The van der Waals surface area contributed by atoms with Crippen LogP contribution in [0.5, 0.6) is 0 Å². The van der Waals surface area contributed by atoms with Gasteiger partial charge in [0.25, 0.3) is 0 Å². The monoisotopic (exact) mass is 293 g/mol. The average Bonchev–Trinajstić information content (AvgIpc) is 2.45. The van der Waals surface area contributed by atoms with Crippen molar-refractivity contribution < 1.29 is 4.21 Å². The summed E-state index contributed by atoms with van der Waals surface area (Å²) in [5, 5.41) is 0. The van der Waals surface area contributed by atoms with E-state index >= 15 is 0 Å². The fourth-order valence-electron chi connectivity index (χ4n) is 0.656. The highest BCUT2D eigenvalue weighted by atomic mass is 79.9. The molecule has 14 heavy (non-hydrogen) atoms. The Morgan fingerprint density at radius 1 is 1.50 bits per heavy atom. The molecule has 0 saturated heterocycles. The van der Waals surface area contributed by atoms with Gasteiger partial charge in [-0.2, -0.15) is 4.40 Å². The van der Waals surface area contributed by atoms with Crippen molar-refractivity contribution in [2.24, 2.45) is 4.40 Å². The van der Waals surface area contributed by atoms with Crippen LogP contribution in [0.25, 0.3) is 0 Å². The van der Waals surface area contributed by atoms with E-state index in [1.54, 1.807) is 17.6 Å². The third-order valence-corrected chi connectivity index (χ3v) is 4.30. The maximum absolute atomic E-state index is 11.6. The summed E-state index contributed by atoms with van der Waals surface area (Å²) in [6.07, 6.45) is 1.66. The van der Waals surface area contributed by atoms with E-state index in [1.165, 1.54) is 0 Å². The van der Waals surface area contributed by atoms with Gasteiger partial charge in [0.2, 0.25) is 0 Å². The second-order valence-corrected chi connectivity index (χ2v) is 8.17. The van der Waals surface area contributed by atoms with Gasteiger partial charge in [0, 0.05) is 4.88 Å². The molecule has 0 aliphatic rings. The molecule has 1 unspecified atom stereocenters. The van der Waals surface area contributed by atoms with Crippen molar-refractivity contribution in [3.63, 3.8) is 0 Å². The highest BCUT2D eigenvalue weighted by Crippen LogP contribution is 2.21. The lowest BCUT2D eigenvalue weighted by molar-refractivity contribution is 0.651. The first kappa shape index (κ1) is 12.1. The van der Waals surface area contributed by atoms with Crippen LogP contribution in [-0.4, -0.2) is 15.2 Å². The first-order valence-electron chi connectivity index (χ1n) is 4.11. The Morgan fingerprint density at radius 2 is 2.14 bits per heavy atom. The molecule has 1 aromatic rings. The minimum Gasteiger partial charge on any atom is -0.234 e. The molecule has 0 amide bonds. The van der Waals surface area contributed by atoms with E-state index in [2.05, 4.69) is 20.3 Å². The molecule has 0 aromatic carbocycles. The summed E-state index contributed by atoms with van der Waals surface area (Å²) in [7, 11) is -1.17. The SMILES string of the molecule is CC(C)(C)S(=O)/N=C/c1ccc(Br)s1. The van der Waals surface area contributed by atoms with E-state index in [4.69, 9.17) is 0 Å². The van der Waals surface area contributed by atoms with Crippen LogP contribution >= 0.6 is 27.3 Å². The fourth-order valence-corrected chi connectivity index (χ4v) is 2.54. The Balaban J connectivity index is 2.70. The van der Waals surface area contributed by atoms with E-state index < -0.39 is 11.0 Å². The lowest BCUT2D eigenvalue weighted by Crippen LogP contribution is -2.19. The average molecular weight is 294 g/mol. The van der Waals surface area contributed by atoms with Gasteiger partial charge in [-0.15, -0.1) is 11.3 Å². The van der Waals surface area contributed by atoms with Crippen molar-refractivity contribution in [1.29, 1.82) is 0 Å². The van der Waals surface area contributed by atoms with E-state index in [1.807, 2.05) is 32.9 Å². The summed E-state index contributed by atoms with van der Waals surface area (Å²) in [5.41, 5.74) is 0. The van der Waals surface area contributed by atoms with Crippen LogP contribution in [0.3, 0.4) is 0 Å². The van der Waals surface area contributed by atoms with E-state index in [-0.39, 0.29) is 4.75 Å². The molecule has 0 bridgehead atoms. The van der Waals surface area contributed by atoms with Gasteiger partial charge in [-0.1, -0.05) is 0 Å². The normalized spacial score (nSPS) is 14.9. The van der Waals surface area contributed by atoms with Crippen LogP contribution in [0, 0.1) is 0 Å². The van der Waals surface area contributed by atoms with Crippen LogP contribution in [0.1, 0.15) is 25.6 Å². The van der Waals surface area contributed by atoms with Crippen LogP contribution in [0.2, 0.25) is 0 Å². The van der Waals surface area contributed by atoms with Crippen LogP contribution in [0.15, 0.2) is 20.3 Å². The van der Waals surface area contributed by atoms with Crippen molar-refractivity contribution in [2.75, 3.05) is 0 Å². The van der Waals surface area contributed by atoms with E-state index in [0.29, 0.717) is 0 Å². The van der Waals surface area contributed by atoms with Crippen LogP contribution in [-0.2, 0) is 11.0 Å². The number of hydrogen-bond acceptors (Lipinski definition) is 2. The zero-order valence-electron chi connectivity index (χ0n) is 8.28. The third kappa shape index (κ3) is 3.63. The number of rotatable bonds is 2. The Morgan fingerprint density at radius 3 is 2.57 bits per heavy atom. The Labute approximate surface area is 99.2 Å². The molecule has 2 nitrogen and oxygen atoms in total. The van der Waals surface area contributed by atoms with Crippen LogP contribution in [0.4, 0.5) is 0 Å². The maximum atomic E-state index is 11.6. The Bertz CT molecular complexity index is 365. The molecule has 78 valence electrons. The van der Waals surface area contributed by atoms with Crippen molar-refractivity contribution >= 4 is 44.5 Å². The maximum Gasteiger partial charge on any atom is 0.144 e. The van der Waals surface area contributed by atoms with Crippen molar-refractivity contribution in [3.05, 3.63) is 20.8 Å². The third-order valence-electron chi connectivity index (χ3n) is 1.39. The number of nitrogens with zero attached hydrogens (tertiary/aromatic N) is 1. The summed E-state index contributed by atoms with van der Waals surface area (Å²) in [4.78, 5) is 1.01. The van der Waals surface area contributed by atoms with Crippen LogP contribution < -0.4 is 0 Å². The topological polar surface area (TPSA) is 29.4 Å².